The molecule has 1 heterocycles. The number of thioether (sulfide) groups is 1. The van der Waals surface area contributed by atoms with E-state index in [1.165, 1.54) is 0 Å². The molecule has 0 fully saturated rings. The van der Waals surface area contributed by atoms with Crippen molar-refractivity contribution in [2.75, 3.05) is 17.6 Å². The minimum absolute atomic E-state index is 0.745. The van der Waals surface area contributed by atoms with Crippen molar-refractivity contribution >= 4 is 28.6 Å². The Hall–Kier alpha value is -1.29. The maximum absolute atomic E-state index is 4.62. The number of benzene rings is 1. The van der Waals surface area contributed by atoms with Gasteiger partial charge in [-0.15, -0.1) is 11.8 Å². The maximum Gasteiger partial charge on any atom is 0.224 e. The maximum atomic E-state index is 4.62. The van der Waals surface area contributed by atoms with Crippen LogP contribution >= 0.6 is 11.8 Å². The SMILES string of the molecule is CCCNc1nc(SCCC)c2ccccc2n1. The molecule has 0 aliphatic heterocycles. The fourth-order valence-corrected chi connectivity index (χ4v) is 2.55. The highest BCUT2D eigenvalue weighted by molar-refractivity contribution is 7.99. The van der Waals surface area contributed by atoms with Gasteiger partial charge in [-0.05, 0) is 24.7 Å². The molecule has 0 atom stereocenters. The minimum Gasteiger partial charge on any atom is -0.354 e. The number of hydrogen-bond acceptors (Lipinski definition) is 4. The van der Waals surface area contributed by atoms with Crippen LogP contribution < -0.4 is 5.32 Å². The summed E-state index contributed by atoms with van der Waals surface area (Å²) in [6.45, 7) is 5.24. The summed E-state index contributed by atoms with van der Waals surface area (Å²) in [5.41, 5.74) is 1.02. The third-order valence-corrected chi connectivity index (χ3v) is 3.74. The molecule has 1 aromatic carbocycles. The number of nitrogens with zero attached hydrogens (tertiary/aromatic N) is 2. The standard InChI is InChI=1S/C14H19N3S/c1-3-9-15-14-16-12-8-6-5-7-11(12)13(17-14)18-10-4-2/h5-8H,3-4,9-10H2,1-2H3,(H,15,16,17). The van der Waals surface area contributed by atoms with Gasteiger partial charge in [-0.25, -0.2) is 9.97 Å². The quantitative estimate of drug-likeness (QED) is 0.631. The monoisotopic (exact) mass is 261 g/mol. The zero-order chi connectivity index (χ0) is 12.8. The molecule has 0 aliphatic rings. The van der Waals surface area contributed by atoms with Gasteiger partial charge in [0.1, 0.15) is 5.03 Å². The molecule has 0 bridgehead atoms. The number of nitrogens with one attached hydrogen (secondary N) is 1. The van der Waals surface area contributed by atoms with Gasteiger partial charge >= 0.3 is 0 Å². The molecular weight excluding hydrogens is 242 g/mol. The highest BCUT2D eigenvalue weighted by Gasteiger charge is 2.07. The van der Waals surface area contributed by atoms with Gasteiger partial charge in [-0.1, -0.05) is 32.0 Å². The molecule has 0 amide bonds. The van der Waals surface area contributed by atoms with E-state index >= 15 is 0 Å². The van der Waals surface area contributed by atoms with Gasteiger partial charge in [0.2, 0.25) is 5.95 Å². The van der Waals surface area contributed by atoms with E-state index in [1.54, 1.807) is 11.8 Å². The molecule has 0 radical (unpaired) electrons. The van der Waals surface area contributed by atoms with E-state index in [1.807, 2.05) is 18.2 Å². The number of fused-ring (bicyclic) bond motifs is 1. The van der Waals surface area contributed by atoms with E-state index in [9.17, 15) is 0 Å². The van der Waals surface area contributed by atoms with Crippen molar-refractivity contribution in [1.82, 2.24) is 9.97 Å². The van der Waals surface area contributed by atoms with Gasteiger partial charge in [-0.2, -0.15) is 0 Å². The molecule has 1 aromatic heterocycles. The Morgan fingerprint density at radius 2 is 1.94 bits per heavy atom. The second-order valence-corrected chi connectivity index (χ2v) is 5.23. The number of aromatic nitrogens is 2. The van der Waals surface area contributed by atoms with Gasteiger partial charge in [0, 0.05) is 11.9 Å². The zero-order valence-electron chi connectivity index (χ0n) is 10.9. The lowest BCUT2D eigenvalue weighted by Gasteiger charge is -2.08. The molecule has 0 unspecified atom stereocenters. The summed E-state index contributed by atoms with van der Waals surface area (Å²) in [5.74, 6) is 1.84. The Bertz CT molecular complexity index is 513. The van der Waals surface area contributed by atoms with Gasteiger partial charge in [-0.3, -0.25) is 0 Å². The van der Waals surface area contributed by atoms with Crippen LogP contribution in [0.25, 0.3) is 10.9 Å². The van der Waals surface area contributed by atoms with Crippen LogP contribution in [0.4, 0.5) is 5.95 Å². The first-order valence-electron chi connectivity index (χ1n) is 6.48. The second kappa shape index (κ2) is 6.59. The average Bonchev–Trinajstić information content (AvgIpc) is 2.42. The molecule has 2 rings (SSSR count). The molecule has 4 heteroatoms. The van der Waals surface area contributed by atoms with Crippen molar-refractivity contribution < 1.29 is 0 Å². The van der Waals surface area contributed by atoms with Crippen LogP contribution in [0.1, 0.15) is 26.7 Å². The summed E-state index contributed by atoms with van der Waals surface area (Å²) in [5, 5.41) is 5.50. The molecule has 3 nitrogen and oxygen atoms in total. The van der Waals surface area contributed by atoms with E-state index in [2.05, 4.69) is 35.2 Å². The number of para-hydroxylation sites is 1. The highest BCUT2D eigenvalue weighted by atomic mass is 32.2. The lowest BCUT2D eigenvalue weighted by Crippen LogP contribution is -2.05. The van der Waals surface area contributed by atoms with Crippen molar-refractivity contribution in [1.29, 1.82) is 0 Å². The van der Waals surface area contributed by atoms with Crippen LogP contribution in [0.2, 0.25) is 0 Å². The predicted molar refractivity (Wildman–Crippen MR) is 79.3 cm³/mol. The molecule has 1 N–H and O–H groups in total. The van der Waals surface area contributed by atoms with Gasteiger partial charge < -0.3 is 5.32 Å². The van der Waals surface area contributed by atoms with E-state index in [0.717, 1.165) is 47.0 Å². The summed E-state index contributed by atoms with van der Waals surface area (Å²) in [6.07, 6.45) is 2.23. The van der Waals surface area contributed by atoms with Crippen LogP contribution in [0.5, 0.6) is 0 Å². The van der Waals surface area contributed by atoms with Crippen LogP contribution in [-0.2, 0) is 0 Å². The van der Waals surface area contributed by atoms with Crippen molar-refractivity contribution in [2.45, 2.75) is 31.7 Å². The average molecular weight is 261 g/mol. The fourth-order valence-electron chi connectivity index (χ4n) is 1.67. The molecule has 18 heavy (non-hydrogen) atoms. The highest BCUT2D eigenvalue weighted by Crippen LogP contribution is 2.26. The van der Waals surface area contributed by atoms with Crippen molar-refractivity contribution in [3.8, 4) is 0 Å². The van der Waals surface area contributed by atoms with Crippen molar-refractivity contribution in [3.63, 3.8) is 0 Å². The van der Waals surface area contributed by atoms with Crippen LogP contribution in [0, 0.1) is 0 Å². The Labute approximate surface area is 112 Å². The molecule has 0 saturated heterocycles. The number of anilines is 1. The number of hydrogen-bond donors (Lipinski definition) is 1. The summed E-state index contributed by atoms with van der Waals surface area (Å²) < 4.78 is 0. The normalized spacial score (nSPS) is 10.8. The molecule has 0 spiro atoms. The van der Waals surface area contributed by atoms with Crippen molar-refractivity contribution in [2.24, 2.45) is 0 Å². The van der Waals surface area contributed by atoms with Crippen molar-refractivity contribution in [3.05, 3.63) is 24.3 Å². The molecule has 96 valence electrons. The Kier molecular flexibility index (Phi) is 4.81. The molecule has 0 saturated carbocycles. The first kappa shape index (κ1) is 13.1. The van der Waals surface area contributed by atoms with Gasteiger partial charge in [0.15, 0.2) is 0 Å². The molecular formula is C14H19N3S. The largest absolute Gasteiger partial charge is 0.354 e. The van der Waals surface area contributed by atoms with Crippen LogP contribution in [0.15, 0.2) is 29.3 Å². The minimum atomic E-state index is 0.745. The predicted octanol–water partition coefficient (Wildman–Crippen LogP) is 3.95. The first-order valence-corrected chi connectivity index (χ1v) is 7.47. The summed E-state index contributed by atoms with van der Waals surface area (Å²) in [7, 11) is 0. The van der Waals surface area contributed by atoms with E-state index in [4.69, 9.17) is 0 Å². The molecule has 2 aromatic rings. The summed E-state index contributed by atoms with van der Waals surface area (Å²) in [6, 6.07) is 8.20. The Balaban J connectivity index is 2.36. The van der Waals surface area contributed by atoms with Gasteiger partial charge in [0.05, 0.1) is 5.52 Å². The smallest absolute Gasteiger partial charge is 0.224 e. The van der Waals surface area contributed by atoms with E-state index in [-0.39, 0.29) is 0 Å². The lowest BCUT2D eigenvalue weighted by molar-refractivity contribution is 0.945. The van der Waals surface area contributed by atoms with E-state index < -0.39 is 0 Å². The summed E-state index contributed by atoms with van der Waals surface area (Å²) >= 11 is 1.81. The van der Waals surface area contributed by atoms with Crippen LogP contribution in [0.3, 0.4) is 0 Å². The summed E-state index contributed by atoms with van der Waals surface area (Å²) in [4.78, 5) is 9.16. The zero-order valence-corrected chi connectivity index (χ0v) is 11.8. The lowest BCUT2D eigenvalue weighted by atomic mass is 10.2. The Morgan fingerprint density at radius 3 is 2.72 bits per heavy atom. The third-order valence-electron chi connectivity index (χ3n) is 2.54. The van der Waals surface area contributed by atoms with Crippen LogP contribution in [-0.4, -0.2) is 22.3 Å². The van der Waals surface area contributed by atoms with Gasteiger partial charge in [0.25, 0.3) is 0 Å². The Morgan fingerprint density at radius 1 is 1.11 bits per heavy atom. The van der Waals surface area contributed by atoms with E-state index in [0.29, 0.717) is 0 Å². The second-order valence-electron chi connectivity index (χ2n) is 4.14. The number of rotatable bonds is 6. The first-order chi connectivity index (χ1) is 8.85. The fraction of sp³-hybridized carbons (Fsp3) is 0.429. The third kappa shape index (κ3) is 3.13. The molecule has 0 aliphatic carbocycles. The topological polar surface area (TPSA) is 37.8 Å².